The summed E-state index contributed by atoms with van der Waals surface area (Å²) in [6, 6.07) is 0.335. The minimum absolute atomic E-state index is 0.242. The predicted octanol–water partition coefficient (Wildman–Crippen LogP) is 0.498. The second-order valence-corrected chi connectivity index (χ2v) is 4.00. The molecule has 1 saturated heterocycles. The largest absolute Gasteiger partial charge is 0.393 e. The van der Waals surface area contributed by atoms with Crippen molar-refractivity contribution in [1.82, 2.24) is 5.32 Å². The third-order valence-corrected chi connectivity index (χ3v) is 2.36. The van der Waals surface area contributed by atoms with Gasteiger partial charge in [-0.3, -0.25) is 0 Å². The highest BCUT2D eigenvalue weighted by molar-refractivity contribution is 4.69. The van der Waals surface area contributed by atoms with E-state index in [1.807, 2.05) is 6.92 Å². The molecule has 0 aromatic rings. The van der Waals surface area contributed by atoms with Gasteiger partial charge in [0.05, 0.1) is 18.8 Å². The Bertz CT molecular complexity index is 146. The van der Waals surface area contributed by atoms with E-state index in [-0.39, 0.29) is 12.2 Å². The van der Waals surface area contributed by atoms with Crippen molar-refractivity contribution < 1.29 is 14.6 Å². The smallest absolute Gasteiger partial charge is 0.147 e. The molecule has 1 aliphatic rings. The normalized spacial score (nSPS) is 27.2. The van der Waals surface area contributed by atoms with Crippen LogP contribution >= 0.6 is 0 Å². The molecule has 1 heterocycles. The van der Waals surface area contributed by atoms with Gasteiger partial charge in [-0.1, -0.05) is 0 Å². The number of aliphatic hydroxyl groups is 1. The maximum absolute atomic E-state index is 9.17. The molecule has 0 saturated carbocycles. The lowest BCUT2D eigenvalue weighted by Gasteiger charge is -2.25. The van der Waals surface area contributed by atoms with E-state index in [0.717, 1.165) is 26.0 Å². The zero-order chi connectivity index (χ0) is 10.4. The molecule has 4 nitrogen and oxygen atoms in total. The van der Waals surface area contributed by atoms with Crippen molar-refractivity contribution in [3.63, 3.8) is 0 Å². The zero-order valence-corrected chi connectivity index (χ0v) is 9.03. The van der Waals surface area contributed by atoms with Gasteiger partial charge in [-0.25, -0.2) is 0 Å². The van der Waals surface area contributed by atoms with Crippen LogP contribution in [0.15, 0.2) is 0 Å². The lowest BCUT2D eigenvalue weighted by atomic mass is 10.1. The Morgan fingerprint density at radius 2 is 2.29 bits per heavy atom. The third kappa shape index (κ3) is 4.91. The molecule has 0 aromatic carbocycles. The molecule has 0 bridgehead atoms. The van der Waals surface area contributed by atoms with Crippen molar-refractivity contribution in [1.29, 1.82) is 0 Å². The summed E-state index contributed by atoms with van der Waals surface area (Å²) >= 11 is 0. The van der Waals surface area contributed by atoms with Crippen LogP contribution in [0, 0.1) is 0 Å². The highest BCUT2D eigenvalue weighted by Crippen LogP contribution is 2.05. The van der Waals surface area contributed by atoms with Crippen LogP contribution in [0.5, 0.6) is 0 Å². The average molecular weight is 203 g/mol. The average Bonchev–Trinajstić information content (AvgIpc) is 2.15. The molecule has 1 aliphatic heterocycles. The summed E-state index contributed by atoms with van der Waals surface area (Å²) in [5, 5.41) is 12.5. The Kier molecular flexibility index (Phi) is 5.40. The van der Waals surface area contributed by atoms with Crippen molar-refractivity contribution in [3.05, 3.63) is 0 Å². The highest BCUT2D eigenvalue weighted by Gasteiger charge is 2.15. The first-order chi connectivity index (χ1) is 6.68. The Hall–Kier alpha value is -0.160. The van der Waals surface area contributed by atoms with E-state index in [1.54, 1.807) is 0 Å². The van der Waals surface area contributed by atoms with Crippen LogP contribution in [0.25, 0.3) is 0 Å². The van der Waals surface area contributed by atoms with Crippen molar-refractivity contribution in [2.45, 2.75) is 44.9 Å². The number of aliphatic hydroxyl groups excluding tert-OH is 1. The van der Waals surface area contributed by atoms with Crippen LogP contribution in [-0.2, 0) is 9.47 Å². The van der Waals surface area contributed by atoms with E-state index in [2.05, 4.69) is 12.2 Å². The molecule has 0 spiro atoms. The van der Waals surface area contributed by atoms with Crippen LogP contribution in [0.1, 0.15) is 26.7 Å². The third-order valence-electron chi connectivity index (χ3n) is 2.36. The van der Waals surface area contributed by atoms with E-state index < -0.39 is 0 Å². The molecule has 3 atom stereocenters. The summed E-state index contributed by atoms with van der Waals surface area (Å²) < 4.78 is 10.5. The van der Waals surface area contributed by atoms with Gasteiger partial charge < -0.3 is 19.9 Å². The van der Waals surface area contributed by atoms with Gasteiger partial charge in [0, 0.05) is 12.6 Å². The van der Waals surface area contributed by atoms with Gasteiger partial charge in [-0.2, -0.15) is 0 Å². The fraction of sp³-hybridized carbons (Fsp3) is 1.00. The first-order valence-corrected chi connectivity index (χ1v) is 5.29. The first kappa shape index (κ1) is 11.9. The van der Waals surface area contributed by atoms with Crippen molar-refractivity contribution in [2.75, 3.05) is 19.9 Å². The fourth-order valence-corrected chi connectivity index (χ4v) is 1.59. The minimum atomic E-state index is -0.242. The van der Waals surface area contributed by atoms with Crippen molar-refractivity contribution in [2.24, 2.45) is 0 Å². The predicted molar refractivity (Wildman–Crippen MR) is 54.1 cm³/mol. The molecule has 1 fully saturated rings. The second kappa shape index (κ2) is 6.35. The van der Waals surface area contributed by atoms with E-state index >= 15 is 0 Å². The molecule has 3 unspecified atom stereocenters. The molecule has 1 rings (SSSR count). The lowest BCUT2D eigenvalue weighted by Crippen LogP contribution is -2.39. The van der Waals surface area contributed by atoms with E-state index in [0.29, 0.717) is 12.8 Å². The SMILES string of the molecule is CC(O)CC(C)NCC1CCOCO1. The van der Waals surface area contributed by atoms with Crippen LogP contribution in [0.2, 0.25) is 0 Å². The van der Waals surface area contributed by atoms with Gasteiger partial charge in [0.25, 0.3) is 0 Å². The van der Waals surface area contributed by atoms with Gasteiger partial charge in [0.15, 0.2) is 0 Å². The summed E-state index contributed by atoms with van der Waals surface area (Å²) in [5.74, 6) is 0. The molecule has 0 amide bonds. The van der Waals surface area contributed by atoms with Gasteiger partial charge in [-0.15, -0.1) is 0 Å². The summed E-state index contributed by atoms with van der Waals surface area (Å²) in [7, 11) is 0. The number of ether oxygens (including phenoxy) is 2. The number of hydrogen-bond acceptors (Lipinski definition) is 4. The van der Waals surface area contributed by atoms with Crippen LogP contribution in [0.3, 0.4) is 0 Å². The molecular formula is C10H21NO3. The Morgan fingerprint density at radius 3 is 2.86 bits per heavy atom. The summed E-state index contributed by atoms with van der Waals surface area (Å²) in [5.41, 5.74) is 0. The Morgan fingerprint density at radius 1 is 1.50 bits per heavy atom. The maximum Gasteiger partial charge on any atom is 0.147 e. The van der Waals surface area contributed by atoms with Crippen LogP contribution in [-0.4, -0.2) is 43.3 Å². The Balaban J connectivity index is 2.06. The minimum Gasteiger partial charge on any atom is -0.393 e. The van der Waals surface area contributed by atoms with Crippen LogP contribution in [0.4, 0.5) is 0 Å². The quantitative estimate of drug-likeness (QED) is 0.683. The molecule has 14 heavy (non-hydrogen) atoms. The molecule has 2 N–H and O–H groups in total. The van der Waals surface area contributed by atoms with Gasteiger partial charge in [-0.05, 0) is 26.7 Å². The zero-order valence-electron chi connectivity index (χ0n) is 9.03. The van der Waals surface area contributed by atoms with Gasteiger partial charge in [0.2, 0.25) is 0 Å². The highest BCUT2D eigenvalue weighted by atomic mass is 16.7. The van der Waals surface area contributed by atoms with Gasteiger partial charge in [0.1, 0.15) is 6.79 Å². The molecule has 4 heteroatoms. The fourth-order valence-electron chi connectivity index (χ4n) is 1.59. The Labute approximate surface area is 85.6 Å². The van der Waals surface area contributed by atoms with E-state index in [9.17, 15) is 0 Å². The summed E-state index contributed by atoms with van der Waals surface area (Å²) in [6.45, 7) is 5.93. The van der Waals surface area contributed by atoms with Gasteiger partial charge >= 0.3 is 0 Å². The maximum atomic E-state index is 9.17. The number of rotatable bonds is 5. The van der Waals surface area contributed by atoms with Crippen molar-refractivity contribution >= 4 is 0 Å². The van der Waals surface area contributed by atoms with Crippen molar-refractivity contribution in [3.8, 4) is 0 Å². The summed E-state index contributed by atoms with van der Waals surface area (Å²) in [4.78, 5) is 0. The number of nitrogens with one attached hydrogen (secondary N) is 1. The number of hydrogen-bond donors (Lipinski definition) is 2. The monoisotopic (exact) mass is 203 g/mol. The second-order valence-electron chi connectivity index (χ2n) is 4.00. The van der Waals surface area contributed by atoms with Crippen LogP contribution < -0.4 is 5.32 Å². The molecular weight excluding hydrogens is 182 g/mol. The van der Waals surface area contributed by atoms with E-state index in [1.165, 1.54) is 0 Å². The van der Waals surface area contributed by atoms with E-state index in [4.69, 9.17) is 14.6 Å². The molecule has 0 aliphatic carbocycles. The summed E-state index contributed by atoms with van der Waals surface area (Å²) in [6.07, 6.45) is 1.76. The molecule has 84 valence electrons. The molecule has 0 radical (unpaired) electrons. The molecule has 0 aromatic heterocycles. The first-order valence-electron chi connectivity index (χ1n) is 5.29. The topological polar surface area (TPSA) is 50.7 Å². The lowest BCUT2D eigenvalue weighted by molar-refractivity contribution is -0.137. The standard InChI is InChI=1S/C10H21NO3/c1-8(5-9(2)12)11-6-10-3-4-13-7-14-10/h8-12H,3-7H2,1-2H3.